The van der Waals surface area contributed by atoms with Crippen molar-refractivity contribution in [3.63, 3.8) is 0 Å². The summed E-state index contributed by atoms with van der Waals surface area (Å²) in [5.41, 5.74) is 7.46. The van der Waals surface area contributed by atoms with E-state index in [1.807, 2.05) is 26.0 Å². The van der Waals surface area contributed by atoms with Gasteiger partial charge in [-0.25, -0.2) is 0 Å². The van der Waals surface area contributed by atoms with Crippen LogP contribution in [0.15, 0.2) is 22.9 Å². The highest BCUT2D eigenvalue weighted by molar-refractivity contribution is 5.53. The van der Waals surface area contributed by atoms with Crippen LogP contribution >= 0.6 is 0 Å². The average Bonchev–Trinajstić information content (AvgIpc) is 2.75. The van der Waals surface area contributed by atoms with Crippen LogP contribution in [0.3, 0.4) is 0 Å². The molecule has 0 bridgehead atoms. The largest absolute Gasteiger partial charge is 0.339 e. The molecule has 0 aliphatic rings. The second kappa shape index (κ2) is 4.86. The van der Waals surface area contributed by atoms with Gasteiger partial charge >= 0.3 is 0 Å². The van der Waals surface area contributed by atoms with Crippen LogP contribution in [0.25, 0.3) is 11.5 Å². The summed E-state index contributed by atoms with van der Waals surface area (Å²) >= 11 is 0. The molecular weight excluding hydrogens is 228 g/mol. The van der Waals surface area contributed by atoms with E-state index < -0.39 is 0 Å². The Hall–Kier alpha value is -1.75. The van der Waals surface area contributed by atoms with E-state index in [0.717, 1.165) is 17.7 Å². The van der Waals surface area contributed by atoms with Gasteiger partial charge in [0.1, 0.15) is 5.69 Å². The van der Waals surface area contributed by atoms with Gasteiger partial charge < -0.3 is 10.3 Å². The van der Waals surface area contributed by atoms with Crippen molar-refractivity contribution in [3.05, 3.63) is 29.8 Å². The zero-order valence-corrected chi connectivity index (χ0v) is 11.0. The Morgan fingerprint density at radius 3 is 2.83 bits per heavy atom. The molecule has 0 aliphatic heterocycles. The third kappa shape index (κ3) is 2.92. The molecule has 0 fully saturated rings. The standard InChI is InChI=1S/C13H18N4O/c1-4-9-6-5-7-15-11(9)12-16-10(18-17-12)8-13(2,3)14/h5-7H,4,8,14H2,1-3H3. The summed E-state index contributed by atoms with van der Waals surface area (Å²) in [6.07, 6.45) is 3.17. The zero-order chi connectivity index (χ0) is 13.2. The van der Waals surface area contributed by atoms with E-state index in [-0.39, 0.29) is 5.54 Å². The van der Waals surface area contributed by atoms with E-state index in [1.165, 1.54) is 0 Å². The van der Waals surface area contributed by atoms with Crippen molar-refractivity contribution in [1.29, 1.82) is 0 Å². The van der Waals surface area contributed by atoms with Crippen molar-refractivity contribution in [2.24, 2.45) is 5.73 Å². The summed E-state index contributed by atoms with van der Waals surface area (Å²) < 4.78 is 5.21. The summed E-state index contributed by atoms with van der Waals surface area (Å²) in [7, 11) is 0. The van der Waals surface area contributed by atoms with E-state index in [1.54, 1.807) is 6.20 Å². The van der Waals surface area contributed by atoms with Crippen LogP contribution in [0.4, 0.5) is 0 Å². The maximum absolute atomic E-state index is 5.93. The number of nitrogens with zero attached hydrogens (tertiary/aromatic N) is 3. The summed E-state index contributed by atoms with van der Waals surface area (Å²) in [5, 5.41) is 3.98. The van der Waals surface area contributed by atoms with E-state index >= 15 is 0 Å². The Morgan fingerprint density at radius 1 is 1.39 bits per heavy atom. The second-order valence-corrected chi connectivity index (χ2v) is 5.04. The SMILES string of the molecule is CCc1cccnc1-c1noc(CC(C)(C)N)n1. The van der Waals surface area contributed by atoms with Crippen molar-refractivity contribution in [1.82, 2.24) is 15.1 Å². The van der Waals surface area contributed by atoms with Crippen LogP contribution in [0, 0.1) is 0 Å². The molecule has 2 N–H and O–H groups in total. The van der Waals surface area contributed by atoms with E-state index in [2.05, 4.69) is 22.0 Å². The molecular formula is C13H18N4O. The molecule has 0 unspecified atom stereocenters. The third-order valence-corrected chi connectivity index (χ3v) is 2.56. The van der Waals surface area contributed by atoms with Gasteiger partial charge in [-0.15, -0.1) is 0 Å². The minimum absolute atomic E-state index is 0.360. The highest BCUT2D eigenvalue weighted by Gasteiger charge is 2.18. The van der Waals surface area contributed by atoms with Gasteiger partial charge in [0, 0.05) is 18.2 Å². The summed E-state index contributed by atoms with van der Waals surface area (Å²) in [4.78, 5) is 8.67. The first-order valence-corrected chi connectivity index (χ1v) is 6.05. The minimum Gasteiger partial charge on any atom is -0.339 e. The van der Waals surface area contributed by atoms with Gasteiger partial charge in [-0.2, -0.15) is 4.98 Å². The summed E-state index contributed by atoms with van der Waals surface area (Å²) in [6, 6.07) is 3.93. The Morgan fingerprint density at radius 2 is 2.17 bits per heavy atom. The van der Waals surface area contributed by atoms with Crippen molar-refractivity contribution in [3.8, 4) is 11.5 Å². The molecule has 0 aliphatic carbocycles. The topological polar surface area (TPSA) is 77.8 Å². The van der Waals surface area contributed by atoms with Gasteiger partial charge in [0.25, 0.3) is 0 Å². The third-order valence-electron chi connectivity index (χ3n) is 2.56. The van der Waals surface area contributed by atoms with Crippen LogP contribution in [0.5, 0.6) is 0 Å². The Kier molecular flexibility index (Phi) is 3.43. The van der Waals surface area contributed by atoms with Crippen LogP contribution in [-0.4, -0.2) is 20.7 Å². The molecule has 0 saturated carbocycles. The monoisotopic (exact) mass is 246 g/mol. The zero-order valence-electron chi connectivity index (χ0n) is 11.0. The van der Waals surface area contributed by atoms with Gasteiger partial charge in [0.15, 0.2) is 0 Å². The molecule has 0 amide bonds. The van der Waals surface area contributed by atoms with E-state index in [9.17, 15) is 0 Å². The molecule has 0 spiro atoms. The minimum atomic E-state index is -0.360. The van der Waals surface area contributed by atoms with Crippen molar-refractivity contribution >= 4 is 0 Å². The molecule has 0 aromatic carbocycles. The van der Waals surface area contributed by atoms with Crippen molar-refractivity contribution in [2.75, 3.05) is 0 Å². The normalized spacial score (nSPS) is 11.8. The predicted octanol–water partition coefficient (Wildman–Crippen LogP) is 1.97. The fraction of sp³-hybridized carbons (Fsp3) is 0.462. The lowest BCUT2D eigenvalue weighted by Crippen LogP contribution is -2.34. The molecule has 0 radical (unpaired) electrons. The smallest absolute Gasteiger partial charge is 0.228 e. The lowest BCUT2D eigenvalue weighted by Gasteiger charge is -2.14. The van der Waals surface area contributed by atoms with Gasteiger partial charge in [0.05, 0.1) is 0 Å². The highest BCUT2D eigenvalue weighted by atomic mass is 16.5. The van der Waals surface area contributed by atoms with Gasteiger partial charge in [-0.05, 0) is 31.9 Å². The van der Waals surface area contributed by atoms with Gasteiger partial charge in [-0.1, -0.05) is 18.1 Å². The number of rotatable bonds is 4. The van der Waals surface area contributed by atoms with Crippen molar-refractivity contribution < 1.29 is 4.52 Å². The molecule has 2 aromatic rings. The first-order chi connectivity index (χ1) is 8.49. The fourth-order valence-corrected chi connectivity index (χ4v) is 1.74. The average molecular weight is 246 g/mol. The molecule has 0 atom stereocenters. The summed E-state index contributed by atoms with van der Waals surface area (Å²) in [6.45, 7) is 5.93. The van der Waals surface area contributed by atoms with Crippen LogP contribution in [0.1, 0.15) is 32.2 Å². The number of hydrogen-bond acceptors (Lipinski definition) is 5. The van der Waals surface area contributed by atoms with Crippen LogP contribution < -0.4 is 5.73 Å². The molecule has 5 nitrogen and oxygen atoms in total. The van der Waals surface area contributed by atoms with Gasteiger partial charge in [0.2, 0.25) is 11.7 Å². The highest BCUT2D eigenvalue weighted by Crippen LogP contribution is 2.19. The molecule has 96 valence electrons. The first kappa shape index (κ1) is 12.7. The Bertz CT molecular complexity index is 528. The number of aryl methyl sites for hydroxylation is 1. The quantitative estimate of drug-likeness (QED) is 0.892. The summed E-state index contributed by atoms with van der Waals surface area (Å²) in [5.74, 6) is 1.08. The van der Waals surface area contributed by atoms with Crippen LogP contribution in [0.2, 0.25) is 0 Å². The van der Waals surface area contributed by atoms with Gasteiger partial charge in [-0.3, -0.25) is 4.98 Å². The molecule has 2 rings (SSSR count). The molecule has 5 heteroatoms. The lowest BCUT2D eigenvalue weighted by molar-refractivity contribution is 0.348. The maximum atomic E-state index is 5.93. The number of nitrogens with two attached hydrogens (primary N) is 1. The van der Waals surface area contributed by atoms with E-state index in [0.29, 0.717) is 18.1 Å². The Balaban J connectivity index is 2.29. The molecule has 2 heterocycles. The van der Waals surface area contributed by atoms with Crippen molar-refractivity contribution in [2.45, 2.75) is 39.2 Å². The number of hydrogen-bond donors (Lipinski definition) is 1. The Labute approximate surface area is 106 Å². The van der Waals surface area contributed by atoms with E-state index in [4.69, 9.17) is 10.3 Å². The lowest BCUT2D eigenvalue weighted by atomic mass is 10.0. The molecule has 18 heavy (non-hydrogen) atoms. The maximum Gasteiger partial charge on any atom is 0.228 e. The predicted molar refractivity (Wildman–Crippen MR) is 68.9 cm³/mol. The van der Waals surface area contributed by atoms with Crippen LogP contribution in [-0.2, 0) is 12.8 Å². The molecule has 0 saturated heterocycles. The first-order valence-electron chi connectivity index (χ1n) is 6.05. The fourth-order valence-electron chi connectivity index (χ4n) is 1.74. The second-order valence-electron chi connectivity index (χ2n) is 5.04. The number of pyridine rings is 1. The molecule has 2 aromatic heterocycles. The number of aromatic nitrogens is 3.